The van der Waals surface area contributed by atoms with E-state index >= 15 is 0 Å². The molecule has 22 heavy (non-hydrogen) atoms. The van der Waals surface area contributed by atoms with Crippen LogP contribution in [0.1, 0.15) is 11.5 Å². The molecule has 114 valence electrons. The zero-order valence-corrected chi connectivity index (χ0v) is 12.6. The Kier molecular flexibility index (Phi) is 4.20. The fourth-order valence-electron chi connectivity index (χ4n) is 2.24. The first-order valence-corrected chi connectivity index (χ1v) is 7.05. The van der Waals surface area contributed by atoms with Gasteiger partial charge in [0.25, 0.3) is 11.8 Å². The lowest BCUT2D eigenvalue weighted by atomic mass is 10.2. The van der Waals surface area contributed by atoms with Gasteiger partial charge in [-0.15, -0.1) is 10.2 Å². The van der Waals surface area contributed by atoms with Gasteiger partial charge in [-0.25, -0.2) is 0 Å². The SMILES string of the molecule is COc1ccc(C[NH+](C)Cc2nnc(-c3ccco3)o2)cc1. The summed E-state index contributed by atoms with van der Waals surface area (Å²) >= 11 is 0. The largest absolute Gasteiger partial charge is 0.497 e. The van der Waals surface area contributed by atoms with Gasteiger partial charge in [0.2, 0.25) is 0 Å². The quantitative estimate of drug-likeness (QED) is 0.748. The number of ether oxygens (including phenoxy) is 1. The zero-order valence-electron chi connectivity index (χ0n) is 12.6. The first-order chi connectivity index (χ1) is 10.7. The first kappa shape index (κ1) is 14.3. The molecule has 0 saturated heterocycles. The molecule has 1 aromatic carbocycles. The van der Waals surface area contributed by atoms with Crippen LogP contribution in [0.2, 0.25) is 0 Å². The van der Waals surface area contributed by atoms with Gasteiger partial charge in [-0.2, -0.15) is 0 Å². The predicted molar refractivity (Wildman–Crippen MR) is 79.3 cm³/mol. The number of hydrogen-bond donors (Lipinski definition) is 1. The minimum absolute atomic E-state index is 0.414. The van der Waals surface area contributed by atoms with Crippen LogP contribution in [-0.4, -0.2) is 24.4 Å². The third-order valence-electron chi connectivity index (χ3n) is 3.32. The lowest BCUT2D eigenvalue weighted by Crippen LogP contribution is -3.06. The second-order valence-electron chi connectivity index (χ2n) is 5.14. The van der Waals surface area contributed by atoms with Crippen LogP contribution in [0.15, 0.2) is 51.5 Å². The molecule has 0 bridgehead atoms. The van der Waals surface area contributed by atoms with Gasteiger partial charge in [0.15, 0.2) is 12.3 Å². The van der Waals surface area contributed by atoms with Crippen LogP contribution >= 0.6 is 0 Å². The molecule has 1 atom stereocenters. The molecule has 0 amide bonds. The lowest BCUT2D eigenvalue weighted by molar-refractivity contribution is -0.909. The highest BCUT2D eigenvalue weighted by molar-refractivity contribution is 5.42. The van der Waals surface area contributed by atoms with Gasteiger partial charge in [0, 0.05) is 5.56 Å². The molecule has 2 aromatic heterocycles. The van der Waals surface area contributed by atoms with Gasteiger partial charge >= 0.3 is 0 Å². The Balaban J connectivity index is 1.60. The number of aromatic nitrogens is 2. The van der Waals surface area contributed by atoms with Crippen molar-refractivity contribution in [3.8, 4) is 17.4 Å². The third-order valence-corrected chi connectivity index (χ3v) is 3.32. The van der Waals surface area contributed by atoms with E-state index in [0.717, 1.165) is 12.3 Å². The second kappa shape index (κ2) is 6.44. The number of benzene rings is 1. The van der Waals surface area contributed by atoms with Crippen LogP contribution in [0.4, 0.5) is 0 Å². The topological polar surface area (TPSA) is 65.7 Å². The summed E-state index contributed by atoms with van der Waals surface area (Å²) in [6.07, 6.45) is 1.58. The molecule has 1 unspecified atom stereocenters. The molecular formula is C16H18N3O3+. The molecule has 0 aliphatic carbocycles. The molecular weight excluding hydrogens is 282 g/mol. The minimum Gasteiger partial charge on any atom is -0.497 e. The number of quaternary nitrogens is 1. The van der Waals surface area contributed by atoms with Crippen molar-refractivity contribution in [1.82, 2.24) is 10.2 Å². The van der Waals surface area contributed by atoms with E-state index in [1.54, 1.807) is 25.5 Å². The third kappa shape index (κ3) is 3.35. The Hall–Kier alpha value is -2.60. The summed E-state index contributed by atoms with van der Waals surface area (Å²) in [4.78, 5) is 1.25. The summed E-state index contributed by atoms with van der Waals surface area (Å²) in [6, 6.07) is 11.6. The van der Waals surface area contributed by atoms with E-state index in [0.29, 0.717) is 24.1 Å². The molecule has 0 spiro atoms. The van der Waals surface area contributed by atoms with Gasteiger partial charge in [-0.05, 0) is 36.4 Å². The maximum Gasteiger partial charge on any atom is 0.283 e. The number of hydrogen-bond acceptors (Lipinski definition) is 5. The summed E-state index contributed by atoms with van der Waals surface area (Å²) < 4.78 is 16.0. The summed E-state index contributed by atoms with van der Waals surface area (Å²) in [5.41, 5.74) is 1.23. The van der Waals surface area contributed by atoms with Gasteiger partial charge in [-0.3, -0.25) is 0 Å². The number of furan rings is 1. The van der Waals surface area contributed by atoms with Crippen molar-refractivity contribution in [2.75, 3.05) is 14.2 Å². The summed E-state index contributed by atoms with van der Waals surface area (Å²) in [7, 11) is 3.75. The molecule has 3 rings (SSSR count). The molecule has 2 heterocycles. The smallest absolute Gasteiger partial charge is 0.283 e. The molecule has 0 aliphatic rings. The molecule has 3 aromatic rings. The molecule has 0 radical (unpaired) electrons. The molecule has 0 saturated carbocycles. The maximum absolute atomic E-state index is 5.62. The number of rotatable bonds is 6. The van der Waals surface area contributed by atoms with E-state index in [1.807, 2.05) is 12.1 Å². The van der Waals surface area contributed by atoms with Crippen LogP contribution in [0.3, 0.4) is 0 Å². The molecule has 6 heteroatoms. The lowest BCUT2D eigenvalue weighted by Gasteiger charge is -2.11. The first-order valence-electron chi connectivity index (χ1n) is 7.05. The molecule has 0 aliphatic heterocycles. The van der Waals surface area contributed by atoms with Crippen molar-refractivity contribution in [2.45, 2.75) is 13.1 Å². The molecule has 1 N–H and O–H groups in total. The van der Waals surface area contributed by atoms with E-state index in [9.17, 15) is 0 Å². The highest BCUT2D eigenvalue weighted by atomic mass is 16.5. The normalized spacial score (nSPS) is 12.3. The van der Waals surface area contributed by atoms with Gasteiger partial charge in [-0.1, -0.05) is 0 Å². The Morgan fingerprint density at radius 1 is 1.09 bits per heavy atom. The van der Waals surface area contributed by atoms with Crippen molar-refractivity contribution < 1.29 is 18.5 Å². The van der Waals surface area contributed by atoms with Gasteiger partial charge in [0.05, 0.1) is 20.4 Å². The fraction of sp³-hybridized carbons (Fsp3) is 0.250. The Bertz CT molecular complexity index is 705. The number of nitrogens with zero attached hydrogens (tertiary/aromatic N) is 2. The van der Waals surface area contributed by atoms with E-state index < -0.39 is 0 Å². The van der Waals surface area contributed by atoms with Crippen molar-refractivity contribution in [3.05, 3.63) is 54.1 Å². The fourth-order valence-corrected chi connectivity index (χ4v) is 2.24. The Morgan fingerprint density at radius 3 is 2.59 bits per heavy atom. The van der Waals surface area contributed by atoms with Crippen molar-refractivity contribution >= 4 is 0 Å². The summed E-state index contributed by atoms with van der Waals surface area (Å²) in [5, 5.41) is 8.06. The number of methoxy groups -OCH3 is 1. The second-order valence-corrected chi connectivity index (χ2v) is 5.14. The van der Waals surface area contributed by atoms with E-state index in [1.165, 1.54) is 10.5 Å². The molecule has 0 fully saturated rings. The Morgan fingerprint density at radius 2 is 1.91 bits per heavy atom. The van der Waals surface area contributed by atoms with Crippen LogP contribution < -0.4 is 9.64 Å². The van der Waals surface area contributed by atoms with Crippen LogP contribution in [-0.2, 0) is 13.1 Å². The van der Waals surface area contributed by atoms with Crippen LogP contribution in [0, 0.1) is 0 Å². The van der Waals surface area contributed by atoms with Gasteiger partial charge in [0.1, 0.15) is 12.3 Å². The van der Waals surface area contributed by atoms with E-state index in [-0.39, 0.29) is 0 Å². The average Bonchev–Trinajstić information content (AvgIpc) is 3.19. The Labute approximate surface area is 128 Å². The molecule has 6 nitrogen and oxygen atoms in total. The van der Waals surface area contributed by atoms with Crippen molar-refractivity contribution in [1.29, 1.82) is 0 Å². The van der Waals surface area contributed by atoms with Crippen LogP contribution in [0.25, 0.3) is 11.7 Å². The van der Waals surface area contributed by atoms with Gasteiger partial charge < -0.3 is 18.5 Å². The highest BCUT2D eigenvalue weighted by Gasteiger charge is 2.14. The van der Waals surface area contributed by atoms with E-state index in [4.69, 9.17) is 13.6 Å². The highest BCUT2D eigenvalue weighted by Crippen LogP contribution is 2.17. The predicted octanol–water partition coefficient (Wildman–Crippen LogP) is 1.55. The van der Waals surface area contributed by atoms with E-state index in [2.05, 4.69) is 29.4 Å². The standard InChI is InChI=1S/C16H17N3O3/c1-19(10-12-5-7-13(20-2)8-6-12)11-15-17-18-16(22-15)14-4-3-9-21-14/h3-9H,10-11H2,1-2H3/p+1. The summed E-state index contributed by atoms with van der Waals surface area (Å²) in [6.45, 7) is 1.52. The summed E-state index contributed by atoms with van der Waals surface area (Å²) in [5.74, 6) is 2.46. The zero-order chi connectivity index (χ0) is 15.4. The average molecular weight is 300 g/mol. The maximum atomic E-state index is 5.62. The monoisotopic (exact) mass is 300 g/mol. The van der Waals surface area contributed by atoms with Crippen molar-refractivity contribution in [2.24, 2.45) is 0 Å². The minimum atomic E-state index is 0.414. The van der Waals surface area contributed by atoms with Crippen LogP contribution in [0.5, 0.6) is 5.75 Å². The van der Waals surface area contributed by atoms with Crippen molar-refractivity contribution in [3.63, 3.8) is 0 Å². The number of nitrogens with one attached hydrogen (secondary N) is 1.